The van der Waals surface area contributed by atoms with Gasteiger partial charge in [0.05, 0.1) is 0 Å². The van der Waals surface area contributed by atoms with Crippen molar-refractivity contribution in [2.45, 2.75) is 51.4 Å². The number of carbonyl (C=O) groups excluding carboxylic acids is 1. The molecule has 2 saturated carbocycles. The molecule has 0 atom stereocenters. The average molecular weight is 210 g/mol. The zero-order chi connectivity index (χ0) is 10.7. The summed E-state index contributed by atoms with van der Waals surface area (Å²) in [4.78, 5) is 11.2. The second-order valence-electron chi connectivity index (χ2n) is 5.34. The Hall–Kier alpha value is -0.370. The molecule has 2 aliphatic carbocycles. The first-order valence-corrected chi connectivity index (χ1v) is 6.42. The number of ketones is 1. The summed E-state index contributed by atoms with van der Waals surface area (Å²) in [5.41, 5.74) is 0. The second kappa shape index (κ2) is 5.11. The third-order valence-electron chi connectivity index (χ3n) is 4.40. The predicted octanol–water partition coefficient (Wildman–Crippen LogP) is 2.54. The molecule has 0 radical (unpaired) electrons. The first-order valence-electron chi connectivity index (χ1n) is 6.42. The summed E-state index contributed by atoms with van der Waals surface area (Å²) < 4.78 is 0. The molecule has 0 unspecified atom stereocenters. The minimum atomic E-state index is 0.371. The molecule has 2 aliphatic rings. The van der Waals surface area contributed by atoms with Gasteiger partial charge in [0, 0.05) is 19.4 Å². The smallest absolute Gasteiger partial charge is 0.132 e. The molecule has 15 heavy (non-hydrogen) atoms. The Morgan fingerprint density at radius 1 is 0.933 bits per heavy atom. The van der Waals surface area contributed by atoms with Crippen LogP contribution in [0.5, 0.6) is 0 Å². The highest BCUT2D eigenvalue weighted by Crippen LogP contribution is 2.38. The van der Waals surface area contributed by atoms with Crippen molar-refractivity contribution in [1.82, 2.24) is 0 Å². The van der Waals surface area contributed by atoms with E-state index in [-0.39, 0.29) is 0 Å². The third kappa shape index (κ3) is 2.81. The van der Waals surface area contributed by atoms with Crippen LogP contribution in [0.4, 0.5) is 0 Å². The van der Waals surface area contributed by atoms with Gasteiger partial charge in [0.25, 0.3) is 0 Å². The van der Waals surface area contributed by atoms with E-state index in [0.29, 0.717) is 18.3 Å². The van der Waals surface area contributed by atoms with Crippen LogP contribution in [0.1, 0.15) is 51.4 Å². The number of carbonyl (C=O) groups is 1. The molecule has 0 heterocycles. The van der Waals surface area contributed by atoms with Gasteiger partial charge in [0.1, 0.15) is 5.78 Å². The lowest BCUT2D eigenvalue weighted by atomic mass is 9.71. The maximum Gasteiger partial charge on any atom is 0.132 e. The van der Waals surface area contributed by atoms with Gasteiger partial charge in [-0.05, 0) is 56.3 Å². The largest absolute Gasteiger partial charge is 0.396 e. The Morgan fingerprint density at radius 3 is 2.00 bits per heavy atom. The van der Waals surface area contributed by atoms with Crippen LogP contribution < -0.4 is 0 Å². The van der Waals surface area contributed by atoms with E-state index < -0.39 is 0 Å². The van der Waals surface area contributed by atoms with E-state index in [1.165, 1.54) is 25.7 Å². The van der Waals surface area contributed by atoms with Crippen LogP contribution in [-0.4, -0.2) is 17.5 Å². The zero-order valence-electron chi connectivity index (χ0n) is 9.45. The quantitative estimate of drug-likeness (QED) is 0.760. The van der Waals surface area contributed by atoms with Crippen LogP contribution in [0.2, 0.25) is 0 Å². The lowest BCUT2D eigenvalue weighted by molar-refractivity contribution is -0.121. The summed E-state index contributed by atoms with van der Waals surface area (Å²) in [5.74, 6) is 2.69. The summed E-state index contributed by atoms with van der Waals surface area (Å²) >= 11 is 0. The van der Waals surface area contributed by atoms with Crippen molar-refractivity contribution in [2.75, 3.05) is 6.61 Å². The van der Waals surface area contributed by atoms with Gasteiger partial charge >= 0.3 is 0 Å². The number of rotatable bonds is 2. The van der Waals surface area contributed by atoms with Crippen LogP contribution in [0, 0.1) is 17.8 Å². The van der Waals surface area contributed by atoms with Crippen LogP contribution in [0.3, 0.4) is 0 Å². The highest BCUT2D eigenvalue weighted by molar-refractivity contribution is 5.79. The summed E-state index contributed by atoms with van der Waals surface area (Å²) in [6.45, 7) is 0.371. The predicted molar refractivity (Wildman–Crippen MR) is 59.5 cm³/mol. The SMILES string of the molecule is O=C1CCC(C2CCC(CO)CC2)CC1. The van der Waals surface area contributed by atoms with Gasteiger partial charge in [0.2, 0.25) is 0 Å². The van der Waals surface area contributed by atoms with E-state index >= 15 is 0 Å². The lowest BCUT2D eigenvalue weighted by Crippen LogP contribution is -2.26. The molecular weight excluding hydrogens is 188 g/mol. The van der Waals surface area contributed by atoms with E-state index in [0.717, 1.165) is 37.5 Å². The normalized spacial score (nSPS) is 34.3. The topological polar surface area (TPSA) is 37.3 Å². The van der Waals surface area contributed by atoms with Crippen LogP contribution >= 0.6 is 0 Å². The number of hydrogen-bond acceptors (Lipinski definition) is 2. The van der Waals surface area contributed by atoms with E-state index in [9.17, 15) is 4.79 Å². The van der Waals surface area contributed by atoms with Gasteiger partial charge in [-0.1, -0.05) is 0 Å². The molecule has 2 fully saturated rings. The average Bonchev–Trinajstić information content (AvgIpc) is 2.30. The van der Waals surface area contributed by atoms with Gasteiger partial charge in [-0.25, -0.2) is 0 Å². The fourth-order valence-corrected chi connectivity index (χ4v) is 3.28. The van der Waals surface area contributed by atoms with Crippen LogP contribution in [-0.2, 0) is 4.79 Å². The van der Waals surface area contributed by atoms with Crippen molar-refractivity contribution in [3.05, 3.63) is 0 Å². The van der Waals surface area contributed by atoms with Gasteiger partial charge in [-0.15, -0.1) is 0 Å². The monoisotopic (exact) mass is 210 g/mol. The molecule has 1 N–H and O–H groups in total. The van der Waals surface area contributed by atoms with Crippen molar-refractivity contribution in [3.8, 4) is 0 Å². The Kier molecular flexibility index (Phi) is 3.79. The van der Waals surface area contributed by atoms with Gasteiger partial charge < -0.3 is 5.11 Å². The highest BCUT2D eigenvalue weighted by atomic mass is 16.3. The molecule has 86 valence electrons. The van der Waals surface area contributed by atoms with Gasteiger partial charge in [-0.2, -0.15) is 0 Å². The molecule has 0 aromatic heterocycles. The molecule has 0 amide bonds. The summed E-state index contributed by atoms with van der Waals surface area (Å²) in [5, 5.41) is 9.08. The maximum absolute atomic E-state index is 11.2. The molecule has 0 bridgehead atoms. The number of aliphatic hydroxyl groups excluding tert-OH is 1. The molecule has 2 nitrogen and oxygen atoms in total. The first-order chi connectivity index (χ1) is 7.29. The Labute approximate surface area is 92.1 Å². The van der Waals surface area contributed by atoms with Gasteiger partial charge in [0.15, 0.2) is 0 Å². The maximum atomic E-state index is 11.2. The van der Waals surface area contributed by atoms with E-state index in [1.807, 2.05) is 0 Å². The van der Waals surface area contributed by atoms with Crippen molar-refractivity contribution >= 4 is 5.78 Å². The van der Waals surface area contributed by atoms with E-state index in [2.05, 4.69) is 0 Å². The molecule has 0 spiro atoms. The van der Waals surface area contributed by atoms with Gasteiger partial charge in [-0.3, -0.25) is 4.79 Å². The third-order valence-corrected chi connectivity index (χ3v) is 4.40. The Morgan fingerprint density at radius 2 is 1.47 bits per heavy atom. The second-order valence-corrected chi connectivity index (χ2v) is 5.34. The number of hydrogen-bond donors (Lipinski definition) is 1. The highest BCUT2D eigenvalue weighted by Gasteiger charge is 2.29. The Balaban J connectivity index is 1.78. The molecular formula is C13H22O2. The fourth-order valence-electron chi connectivity index (χ4n) is 3.28. The van der Waals surface area contributed by atoms with Crippen molar-refractivity contribution in [1.29, 1.82) is 0 Å². The summed E-state index contributed by atoms with van der Waals surface area (Å²) in [6, 6.07) is 0. The minimum absolute atomic E-state index is 0.371. The number of aliphatic hydroxyl groups is 1. The fraction of sp³-hybridized carbons (Fsp3) is 0.923. The Bertz CT molecular complexity index is 207. The molecule has 0 aromatic carbocycles. The number of Topliss-reactive ketones (excluding diaryl/α,β-unsaturated/α-hetero) is 1. The van der Waals surface area contributed by atoms with Crippen molar-refractivity contribution in [3.63, 3.8) is 0 Å². The van der Waals surface area contributed by atoms with Crippen LogP contribution in [0.15, 0.2) is 0 Å². The first kappa shape index (κ1) is 11.1. The van der Waals surface area contributed by atoms with Crippen LogP contribution in [0.25, 0.3) is 0 Å². The molecule has 0 aromatic rings. The molecule has 0 saturated heterocycles. The standard InChI is InChI=1S/C13H22O2/c14-9-10-1-3-11(4-2-10)12-5-7-13(15)8-6-12/h10-12,14H,1-9H2. The zero-order valence-corrected chi connectivity index (χ0v) is 9.45. The summed E-state index contributed by atoms with van der Waals surface area (Å²) in [7, 11) is 0. The van der Waals surface area contributed by atoms with Crippen molar-refractivity contribution in [2.24, 2.45) is 17.8 Å². The lowest BCUT2D eigenvalue weighted by Gasteiger charge is -2.35. The minimum Gasteiger partial charge on any atom is -0.396 e. The molecule has 2 heteroatoms. The van der Waals surface area contributed by atoms with Crippen molar-refractivity contribution < 1.29 is 9.90 Å². The molecule has 2 rings (SSSR count). The van der Waals surface area contributed by atoms with E-state index in [4.69, 9.17) is 5.11 Å². The van der Waals surface area contributed by atoms with E-state index in [1.54, 1.807) is 0 Å². The summed E-state index contributed by atoms with van der Waals surface area (Å²) in [6.07, 6.45) is 8.88. The molecule has 0 aliphatic heterocycles.